The molecule has 15 nitrogen and oxygen atoms in total. The predicted octanol–water partition coefficient (Wildman–Crippen LogP) is 6.04. The van der Waals surface area contributed by atoms with E-state index in [1.165, 1.54) is 116 Å². The molecule has 2 fully saturated rings. The van der Waals surface area contributed by atoms with Crippen LogP contribution in [0.3, 0.4) is 0 Å². The van der Waals surface area contributed by atoms with Crippen LogP contribution in [0.1, 0.15) is 194 Å². The van der Waals surface area contributed by atoms with Crippen LogP contribution < -0.4 is 0 Å². The van der Waals surface area contributed by atoms with Crippen molar-refractivity contribution < 1.29 is 73.8 Å². The average molecular weight is 893 g/mol. The molecule has 0 aromatic heterocycles. The molecule has 0 bridgehead atoms. The fraction of sp³-hybridized carbons (Fsp3) is 0.957. The van der Waals surface area contributed by atoms with Crippen LogP contribution in [0.2, 0.25) is 0 Å². The van der Waals surface area contributed by atoms with Crippen molar-refractivity contribution in [3.05, 3.63) is 0 Å². The van der Waals surface area contributed by atoms with Gasteiger partial charge in [-0.3, -0.25) is 9.59 Å². The summed E-state index contributed by atoms with van der Waals surface area (Å²) < 4.78 is 33.2. The summed E-state index contributed by atoms with van der Waals surface area (Å²) >= 11 is 0. The van der Waals surface area contributed by atoms with Crippen LogP contribution in [-0.4, -0.2) is 142 Å². The first-order valence-electron chi connectivity index (χ1n) is 24.6. The van der Waals surface area contributed by atoms with Gasteiger partial charge >= 0.3 is 11.9 Å². The van der Waals surface area contributed by atoms with E-state index >= 15 is 0 Å². The highest BCUT2D eigenvalue weighted by Gasteiger charge is 2.48. The molecule has 2 saturated heterocycles. The van der Waals surface area contributed by atoms with Crippen LogP contribution in [0.5, 0.6) is 0 Å². The first-order valence-corrected chi connectivity index (χ1v) is 24.6. The fourth-order valence-electron chi connectivity index (χ4n) is 7.97. The molecule has 0 amide bonds. The Bertz CT molecular complexity index is 1100. The van der Waals surface area contributed by atoms with E-state index in [1.807, 2.05) is 0 Å². The van der Waals surface area contributed by atoms with Crippen molar-refractivity contribution in [2.24, 2.45) is 0 Å². The fourth-order valence-corrected chi connectivity index (χ4v) is 7.97. The molecule has 0 aliphatic carbocycles. The van der Waals surface area contributed by atoms with Crippen LogP contribution in [0.4, 0.5) is 0 Å². The Morgan fingerprint density at radius 1 is 0.452 bits per heavy atom. The summed E-state index contributed by atoms with van der Waals surface area (Å²) in [6, 6.07) is 0. The molecular weight excluding hydrogens is 805 g/mol. The topological polar surface area (TPSA) is 231 Å². The minimum Gasteiger partial charge on any atom is -0.463 e. The summed E-state index contributed by atoms with van der Waals surface area (Å²) in [7, 11) is 0. The highest BCUT2D eigenvalue weighted by atomic mass is 16.7. The molecule has 0 spiro atoms. The third-order valence-corrected chi connectivity index (χ3v) is 12.1. The SMILES string of the molecule is CCCCCCCCCCCCCCCC(=O)OCC1OC(OCC2OC(OCC(CO)OC(=O)CCCCCCCCCCCCCCC)C(O)C(O)C2O)C(O)C(O)C1O. The Labute approximate surface area is 372 Å². The maximum absolute atomic E-state index is 12.5. The van der Waals surface area contributed by atoms with Crippen LogP contribution in [0.25, 0.3) is 0 Å². The molecule has 2 rings (SSSR count). The van der Waals surface area contributed by atoms with Gasteiger partial charge in [0.25, 0.3) is 0 Å². The van der Waals surface area contributed by atoms with Gasteiger partial charge in [0.2, 0.25) is 0 Å². The van der Waals surface area contributed by atoms with Gasteiger partial charge in [0.05, 0.1) is 19.8 Å². The number of carbonyl (C=O) groups excluding carboxylic acids is 2. The van der Waals surface area contributed by atoms with Gasteiger partial charge in [0, 0.05) is 12.8 Å². The van der Waals surface area contributed by atoms with E-state index in [-0.39, 0.29) is 19.4 Å². The van der Waals surface area contributed by atoms with Crippen molar-refractivity contribution in [3.63, 3.8) is 0 Å². The number of rotatable bonds is 38. The maximum atomic E-state index is 12.5. The van der Waals surface area contributed by atoms with Crippen molar-refractivity contribution >= 4 is 11.9 Å². The lowest BCUT2D eigenvalue weighted by molar-refractivity contribution is -0.332. The summed E-state index contributed by atoms with van der Waals surface area (Å²) in [6.07, 6.45) is 14.1. The molecule has 11 atom stereocenters. The van der Waals surface area contributed by atoms with Gasteiger partial charge in [-0.05, 0) is 12.8 Å². The second-order valence-electron chi connectivity index (χ2n) is 17.7. The van der Waals surface area contributed by atoms with Crippen molar-refractivity contribution in [1.82, 2.24) is 0 Å². The predicted molar refractivity (Wildman–Crippen MR) is 234 cm³/mol. The summed E-state index contributed by atoms with van der Waals surface area (Å²) in [5, 5.41) is 73.2. The molecule has 11 unspecified atom stereocenters. The number of esters is 2. The average Bonchev–Trinajstić information content (AvgIpc) is 3.26. The number of aliphatic hydroxyl groups is 7. The van der Waals surface area contributed by atoms with Crippen LogP contribution >= 0.6 is 0 Å². The van der Waals surface area contributed by atoms with Gasteiger partial charge in [0.1, 0.15) is 61.5 Å². The zero-order chi connectivity index (χ0) is 45.4. The van der Waals surface area contributed by atoms with Gasteiger partial charge in [-0.1, -0.05) is 168 Å². The second-order valence-corrected chi connectivity index (χ2v) is 17.7. The molecule has 15 heteroatoms. The smallest absolute Gasteiger partial charge is 0.306 e. The van der Waals surface area contributed by atoms with E-state index in [0.717, 1.165) is 38.5 Å². The Balaban J connectivity index is 1.67. The summed E-state index contributed by atoms with van der Waals surface area (Å²) in [4.78, 5) is 24.9. The molecule has 0 aromatic carbocycles. The molecule has 0 aromatic rings. The van der Waals surface area contributed by atoms with E-state index in [0.29, 0.717) is 12.8 Å². The summed E-state index contributed by atoms with van der Waals surface area (Å²) in [5.41, 5.74) is 0. The molecule has 0 saturated carbocycles. The second kappa shape index (κ2) is 35.7. The summed E-state index contributed by atoms with van der Waals surface area (Å²) in [6.45, 7) is 2.58. The third kappa shape index (κ3) is 24.1. The van der Waals surface area contributed by atoms with Crippen molar-refractivity contribution in [2.45, 2.75) is 261 Å². The highest BCUT2D eigenvalue weighted by Crippen LogP contribution is 2.27. The van der Waals surface area contributed by atoms with Gasteiger partial charge in [-0.15, -0.1) is 0 Å². The summed E-state index contributed by atoms with van der Waals surface area (Å²) in [5.74, 6) is -0.976. The molecule has 62 heavy (non-hydrogen) atoms. The maximum Gasteiger partial charge on any atom is 0.306 e. The zero-order valence-electron chi connectivity index (χ0n) is 38.4. The number of unbranched alkanes of at least 4 members (excludes halogenated alkanes) is 24. The minimum absolute atomic E-state index is 0.185. The molecule has 7 N–H and O–H groups in total. The Kier molecular flexibility index (Phi) is 32.6. The minimum atomic E-state index is -1.75. The Hall–Kier alpha value is -1.50. The van der Waals surface area contributed by atoms with Gasteiger partial charge in [0.15, 0.2) is 12.6 Å². The van der Waals surface area contributed by atoms with Crippen molar-refractivity contribution in [2.75, 3.05) is 26.4 Å². The largest absolute Gasteiger partial charge is 0.463 e. The molecular formula is C47H88O15. The number of carbonyl (C=O) groups is 2. The molecule has 0 radical (unpaired) electrons. The lowest BCUT2D eigenvalue weighted by Crippen LogP contribution is -2.62. The quantitative estimate of drug-likeness (QED) is 0.0277. The molecule has 366 valence electrons. The zero-order valence-corrected chi connectivity index (χ0v) is 38.4. The van der Waals surface area contributed by atoms with E-state index < -0.39 is 99.3 Å². The Morgan fingerprint density at radius 2 is 0.806 bits per heavy atom. The lowest BCUT2D eigenvalue weighted by Gasteiger charge is -2.43. The molecule has 2 aliphatic heterocycles. The number of ether oxygens (including phenoxy) is 6. The molecule has 2 heterocycles. The number of hydrogen-bond donors (Lipinski definition) is 7. The monoisotopic (exact) mass is 893 g/mol. The third-order valence-electron chi connectivity index (χ3n) is 12.1. The lowest BCUT2D eigenvalue weighted by atomic mass is 9.98. The standard InChI is InChI=1S/C47H88O15/c1-3-5-7-9-11-13-15-17-19-21-23-25-27-29-38(49)57-33-36-40(51)42(53)45(56)47(61-36)59-34-37-41(52)43(54)44(55)46(62-37)58-32-35(31-48)60-39(50)30-28-26-24-22-20-18-16-14-12-10-8-6-4-2/h35-37,40-48,51-56H,3-34H2,1-2H3. The van der Waals surface area contributed by atoms with Gasteiger partial charge in [-0.2, -0.15) is 0 Å². The number of hydrogen-bond acceptors (Lipinski definition) is 15. The normalized spacial score (nSPS) is 27.0. The Morgan fingerprint density at radius 3 is 1.21 bits per heavy atom. The molecule has 2 aliphatic rings. The van der Waals surface area contributed by atoms with Crippen molar-refractivity contribution in [3.8, 4) is 0 Å². The van der Waals surface area contributed by atoms with Gasteiger partial charge < -0.3 is 64.2 Å². The van der Waals surface area contributed by atoms with E-state index in [9.17, 15) is 45.3 Å². The van der Waals surface area contributed by atoms with Crippen LogP contribution in [-0.2, 0) is 38.0 Å². The van der Waals surface area contributed by atoms with E-state index in [2.05, 4.69) is 13.8 Å². The highest BCUT2D eigenvalue weighted by molar-refractivity contribution is 5.69. The number of aliphatic hydroxyl groups excluding tert-OH is 7. The van der Waals surface area contributed by atoms with Crippen LogP contribution in [0, 0.1) is 0 Å². The van der Waals surface area contributed by atoms with Crippen molar-refractivity contribution in [1.29, 1.82) is 0 Å². The van der Waals surface area contributed by atoms with Gasteiger partial charge in [-0.25, -0.2) is 0 Å². The van der Waals surface area contributed by atoms with Crippen LogP contribution in [0.15, 0.2) is 0 Å². The first kappa shape index (κ1) is 56.6. The van der Waals surface area contributed by atoms with E-state index in [4.69, 9.17) is 28.4 Å². The van der Waals surface area contributed by atoms with E-state index in [1.54, 1.807) is 0 Å². The first-order chi connectivity index (χ1) is 30.0.